The van der Waals surface area contributed by atoms with Crippen molar-refractivity contribution in [3.63, 3.8) is 0 Å². The van der Waals surface area contributed by atoms with Crippen molar-refractivity contribution in [2.75, 3.05) is 35.4 Å². The van der Waals surface area contributed by atoms with Gasteiger partial charge in [0.1, 0.15) is 5.82 Å². The Bertz CT molecular complexity index is 915. The van der Waals surface area contributed by atoms with Gasteiger partial charge in [-0.25, -0.2) is 18.2 Å². The Hall–Kier alpha value is -2.68. The molecule has 0 radical (unpaired) electrons. The van der Waals surface area contributed by atoms with E-state index in [4.69, 9.17) is 4.74 Å². The number of sulfone groups is 1. The Kier molecular flexibility index (Phi) is 5.59. The predicted octanol–water partition coefficient (Wildman–Crippen LogP) is 2.02. The van der Waals surface area contributed by atoms with Crippen molar-refractivity contribution in [3.05, 3.63) is 42.1 Å². The summed E-state index contributed by atoms with van der Waals surface area (Å²) in [5.41, 5.74) is 1.20. The fourth-order valence-electron chi connectivity index (χ4n) is 2.91. The minimum absolute atomic E-state index is 0.0818. The molecule has 1 aromatic heterocycles. The standard InChI is InChI=1S/C18H22N4O4S/c1-3-26-17(23)13-4-6-14(7-5-13)20-18-19-10-8-16(21-18)22(2)15-9-11-27(24,25)12-15/h4-8,10,15H,3,9,11-12H2,1-2H3,(H,19,20,21). The lowest BCUT2D eigenvalue weighted by atomic mass is 10.2. The minimum atomic E-state index is -2.96. The number of anilines is 3. The molecule has 9 heteroatoms. The van der Waals surface area contributed by atoms with Crippen LogP contribution in [0.1, 0.15) is 23.7 Å². The monoisotopic (exact) mass is 390 g/mol. The largest absolute Gasteiger partial charge is 0.462 e. The first-order valence-corrected chi connectivity index (χ1v) is 10.5. The molecule has 0 amide bonds. The van der Waals surface area contributed by atoms with Crippen LogP contribution in [0.2, 0.25) is 0 Å². The Morgan fingerprint density at radius 2 is 2.04 bits per heavy atom. The Balaban J connectivity index is 1.70. The zero-order valence-corrected chi connectivity index (χ0v) is 16.1. The minimum Gasteiger partial charge on any atom is -0.462 e. The second-order valence-electron chi connectivity index (χ2n) is 6.33. The number of aromatic nitrogens is 2. The van der Waals surface area contributed by atoms with Crippen LogP contribution in [-0.2, 0) is 14.6 Å². The van der Waals surface area contributed by atoms with Crippen molar-refractivity contribution in [1.29, 1.82) is 0 Å². The molecule has 0 aliphatic carbocycles. The van der Waals surface area contributed by atoms with Crippen LogP contribution < -0.4 is 10.2 Å². The van der Waals surface area contributed by atoms with Gasteiger partial charge in [-0.05, 0) is 43.7 Å². The first kappa shape index (κ1) is 19.1. The highest BCUT2D eigenvalue weighted by atomic mass is 32.2. The fourth-order valence-corrected chi connectivity index (χ4v) is 4.68. The quantitative estimate of drug-likeness (QED) is 0.748. The second-order valence-corrected chi connectivity index (χ2v) is 8.56. The Morgan fingerprint density at radius 3 is 2.67 bits per heavy atom. The second kappa shape index (κ2) is 7.91. The normalized spacial score (nSPS) is 18.1. The fraction of sp³-hybridized carbons (Fsp3) is 0.389. The number of hydrogen-bond donors (Lipinski definition) is 1. The van der Waals surface area contributed by atoms with Gasteiger partial charge in [0.2, 0.25) is 5.95 Å². The molecule has 0 saturated carbocycles. The number of benzene rings is 1. The van der Waals surface area contributed by atoms with E-state index in [9.17, 15) is 13.2 Å². The van der Waals surface area contributed by atoms with E-state index in [-0.39, 0.29) is 23.5 Å². The molecule has 1 aromatic carbocycles. The molecule has 1 aliphatic heterocycles. The van der Waals surface area contributed by atoms with E-state index < -0.39 is 9.84 Å². The van der Waals surface area contributed by atoms with E-state index in [1.165, 1.54) is 0 Å². The molecule has 1 saturated heterocycles. The number of ether oxygens (including phenoxy) is 1. The van der Waals surface area contributed by atoms with Gasteiger partial charge in [-0.3, -0.25) is 0 Å². The van der Waals surface area contributed by atoms with E-state index in [2.05, 4.69) is 15.3 Å². The molecular formula is C18H22N4O4S. The number of hydrogen-bond acceptors (Lipinski definition) is 8. The van der Waals surface area contributed by atoms with Crippen LogP contribution in [0.5, 0.6) is 0 Å². The van der Waals surface area contributed by atoms with Gasteiger partial charge in [0.15, 0.2) is 9.84 Å². The number of carbonyl (C=O) groups excluding carboxylic acids is 1. The third-order valence-corrected chi connectivity index (χ3v) is 6.16. The summed E-state index contributed by atoms with van der Waals surface area (Å²) in [6, 6.07) is 8.49. The molecule has 1 unspecified atom stereocenters. The van der Waals surface area contributed by atoms with E-state index in [1.807, 2.05) is 11.9 Å². The molecule has 0 bridgehead atoms. The highest BCUT2D eigenvalue weighted by Gasteiger charge is 2.31. The summed E-state index contributed by atoms with van der Waals surface area (Å²) in [6.45, 7) is 2.09. The lowest BCUT2D eigenvalue weighted by Gasteiger charge is -2.24. The zero-order chi connectivity index (χ0) is 19.4. The lowest BCUT2D eigenvalue weighted by molar-refractivity contribution is 0.0526. The summed E-state index contributed by atoms with van der Waals surface area (Å²) in [6.07, 6.45) is 2.22. The molecule has 3 rings (SSSR count). The van der Waals surface area contributed by atoms with Crippen molar-refractivity contribution in [2.24, 2.45) is 0 Å². The molecule has 1 N–H and O–H groups in total. The molecule has 0 spiro atoms. The first-order chi connectivity index (χ1) is 12.9. The molecule has 27 heavy (non-hydrogen) atoms. The third kappa shape index (κ3) is 4.73. The van der Waals surface area contributed by atoms with Crippen LogP contribution in [0.3, 0.4) is 0 Å². The number of esters is 1. The van der Waals surface area contributed by atoms with Gasteiger partial charge in [0, 0.05) is 25.0 Å². The van der Waals surface area contributed by atoms with Gasteiger partial charge in [-0.15, -0.1) is 0 Å². The van der Waals surface area contributed by atoms with E-state index in [1.54, 1.807) is 43.5 Å². The van der Waals surface area contributed by atoms with E-state index in [0.717, 1.165) is 5.69 Å². The maximum Gasteiger partial charge on any atom is 0.338 e. The summed E-state index contributed by atoms with van der Waals surface area (Å²) < 4.78 is 28.4. The summed E-state index contributed by atoms with van der Waals surface area (Å²) in [7, 11) is -1.12. The molecule has 1 aliphatic rings. The summed E-state index contributed by atoms with van der Waals surface area (Å²) in [5, 5.41) is 3.08. The maximum atomic E-state index is 11.7. The van der Waals surface area contributed by atoms with E-state index in [0.29, 0.717) is 30.4 Å². The van der Waals surface area contributed by atoms with Crippen molar-refractivity contribution < 1.29 is 17.9 Å². The van der Waals surface area contributed by atoms with Crippen molar-refractivity contribution in [2.45, 2.75) is 19.4 Å². The smallest absolute Gasteiger partial charge is 0.338 e. The summed E-state index contributed by atoms with van der Waals surface area (Å²) >= 11 is 0. The van der Waals surface area contributed by atoms with E-state index >= 15 is 0 Å². The predicted molar refractivity (Wildman–Crippen MR) is 103 cm³/mol. The van der Waals surface area contributed by atoms with Crippen molar-refractivity contribution >= 4 is 33.3 Å². The van der Waals surface area contributed by atoms with Gasteiger partial charge in [-0.1, -0.05) is 0 Å². The highest BCUT2D eigenvalue weighted by Crippen LogP contribution is 2.22. The molecule has 1 atom stereocenters. The van der Waals surface area contributed by atoms with Crippen LogP contribution in [-0.4, -0.2) is 55.6 Å². The van der Waals surface area contributed by atoms with Crippen molar-refractivity contribution in [3.8, 4) is 0 Å². The van der Waals surface area contributed by atoms with Gasteiger partial charge < -0.3 is 15.0 Å². The Labute approximate surface area is 158 Å². The van der Waals surface area contributed by atoms with Crippen LogP contribution in [0, 0.1) is 0 Å². The number of rotatable bonds is 6. The number of nitrogens with one attached hydrogen (secondary N) is 1. The zero-order valence-electron chi connectivity index (χ0n) is 15.3. The third-order valence-electron chi connectivity index (χ3n) is 4.41. The topological polar surface area (TPSA) is 101 Å². The molecule has 2 aromatic rings. The average Bonchev–Trinajstić information content (AvgIpc) is 3.02. The molecule has 1 fully saturated rings. The van der Waals surface area contributed by atoms with Gasteiger partial charge in [0.25, 0.3) is 0 Å². The van der Waals surface area contributed by atoms with Gasteiger partial charge in [-0.2, -0.15) is 4.98 Å². The summed E-state index contributed by atoms with van der Waals surface area (Å²) in [5.74, 6) is 1.04. The van der Waals surface area contributed by atoms with Crippen LogP contribution >= 0.6 is 0 Å². The molecule has 2 heterocycles. The maximum absolute atomic E-state index is 11.7. The lowest BCUT2D eigenvalue weighted by Crippen LogP contribution is -2.33. The number of nitrogens with zero attached hydrogens (tertiary/aromatic N) is 3. The number of carbonyl (C=O) groups is 1. The summed E-state index contributed by atoms with van der Waals surface area (Å²) in [4.78, 5) is 22.2. The molecule has 144 valence electrons. The molecular weight excluding hydrogens is 368 g/mol. The highest BCUT2D eigenvalue weighted by molar-refractivity contribution is 7.91. The van der Waals surface area contributed by atoms with Gasteiger partial charge >= 0.3 is 5.97 Å². The first-order valence-electron chi connectivity index (χ1n) is 8.68. The van der Waals surface area contributed by atoms with Crippen LogP contribution in [0.4, 0.5) is 17.5 Å². The van der Waals surface area contributed by atoms with Crippen LogP contribution in [0.15, 0.2) is 36.5 Å². The Morgan fingerprint density at radius 1 is 1.30 bits per heavy atom. The van der Waals surface area contributed by atoms with Crippen LogP contribution in [0.25, 0.3) is 0 Å². The SMILES string of the molecule is CCOC(=O)c1ccc(Nc2nccc(N(C)C3CCS(=O)(=O)C3)n2)cc1. The van der Waals surface area contributed by atoms with Crippen molar-refractivity contribution in [1.82, 2.24) is 9.97 Å². The average molecular weight is 390 g/mol. The van der Waals surface area contributed by atoms with Gasteiger partial charge in [0.05, 0.1) is 23.7 Å². The molecule has 8 nitrogen and oxygen atoms in total.